The van der Waals surface area contributed by atoms with Crippen molar-refractivity contribution in [3.05, 3.63) is 16.1 Å². The van der Waals surface area contributed by atoms with Gasteiger partial charge in [0, 0.05) is 12.0 Å². The Hall–Kier alpha value is -0.940. The number of hydrogen-bond donors (Lipinski definition) is 2. The minimum Gasteiger partial charge on any atom is -0.396 e. The first-order chi connectivity index (χ1) is 8.08. The second kappa shape index (κ2) is 6.12. The van der Waals surface area contributed by atoms with Crippen LogP contribution in [0.25, 0.3) is 0 Å². The standard InChI is InChI=1S/C12H20N2O2S/c1-4-12(5-2,7-15)6-13-11(16)10-9(3)14-8-17-10/h8,15H,4-7H2,1-3H3,(H,13,16). The molecule has 0 aromatic carbocycles. The molecule has 0 spiro atoms. The van der Waals surface area contributed by atoms with Gasteiger partial charge in [-0.15, -0.1) is 11.3 Å². The summed E-state index contributed by atoms with van der Waals surface area (Å²) in [5, 5.41) is 12.3. The number of amides is 1. The van der Waals surface area contributed by atoms with E-state index in [-0.39, 0.29) is 17.9 Å². The molecule has 0 saturated heterocycles. The summed E-state index contributed by atoms with van der Waals surface area (Å²) in [7, 11) is 0. The van der Waals surface area contributed by atoms with E-state index in [4.69, 9.17) is 0 Å². The second-order valence-electron chi connectivity index (χ2n) is 4.31. The lowest BCUT2D eigenvalue weighted by atomic mass is 9.83. The van der Waals surface area contributed by atoms with E-state index in [2.05, 4.69) is 10.3 Å². The zero-order chi connectivity index (χ0) is 12.9. The summed E-state index contributed by atoms with van der Waals surface area (Å²) in [6.45, 7) is 6.49. The van der Waals surface area contributed by atoms with Crippen molar-refractivity contribution in [1.82, 2.24) is 10.3 Å². The molecule has 0 atom stereocenters. The van der Waals surface area contributed by atoms with Crippen LogP contribution < -0.4 is 5.32 Å². The van der Waals surface area contributed by atoms with E-state index in [0.717, 1.165) is 18.5 Å². The zero-order valence-corrected chi connectivity index (χ0v) is 11.4. The van der Waals surface area contributed by atoms with E-state index >= 15 is 0 Å². The Kier molecular flexibility index (Phi) is 5.08. The quantitative estimate of drug-likeness (QED) is 0.818. The maximum absolute atomic E-state index is 11.9. The molecule has 17 heavy (non-hydrogen) atoms. The summed E-state index contributed by atoms with van der Waals surface area (Å²) >= 11 is 1.35. The van der Waals surface area contributed by atoms with Gasteiger partial charge in [0.1, 0.15) is 4.88 Å². The van der Waals surface area contributed by atoms with Gasteiger partial charge in [0.25, 0.3) is 5.91 Å². The van der Waals surface area contributed by atoms with Crippen molar-refractivity contribution >= 4 is 17.2 Å². The predicted molar refractivity (Wildman–Crippen MR) is 69.3 cm³/mol. The molecule has 1 rings (SSSR count). The molecule has 1 heterocycles. The van der Waals surface area contributed by atoms with Crippen molar-refractivity contribution in [2.45, 2.75) is 33.6 Å². The van der Waals surface area contributed by atoms with Crippen LogP contribution in [0.15, 0.2) is 5.51 Å². The van der Waals surface area contributed by atoms with E-state index in [9.17, 15) is 9.90 Å². The molecule has 0 fully saturated rings. The number of aromatic nitrogens is 1. The molecule has 0 saturated carbocycles. The topological polar surface area (TPSA) is 62.2 Å². The molecule has 0 aliphatic carbocycles. The molecule has 1 aromatic heterocycles. The molecule has 0 radical (unpaired) electrons. The molecular weight excluding hydrogens is 236 g/mol. The third kappa shape index (κ3) is 3.26. The van der Waals surface area contributed by atoms with Crippen molar-refractivity contribution in [1.29, 1.82) is 0 Å². The molecule has 0 bridgehead atoms. The number of thiazole rings is 1. The first kappa shape index (κ1) is 14.1. The number of aliphatic hydroxyl groups excluding tert-OH is 1. The van der Waals surface area contributed by atoms with E-state index in [1.165, 1.54) is 11.3 Å². The number of nitrogens with one attached hydrogen (secondary N) is 1. The van der Waals surface area contributed by atoms with Gasteiger partial charge >= 0.3 is 0 Å². The average Bonchev–Trinajstić information content (AvgIpc) is 2.78. The van der Waals surface area contributed by atoms with Gasteiger partial charge < -0.3 is 10.4 Å². The Bertz CT molecular complexity index is 364. The zero-order valence-electron chi connectivity index (χ0n) is 10.6. The van der Waals surface area contributed by atoms with Crippen molar-refractivity contribution in [3.8, 4) is 0 Å². The molecule has 5 heteroatoms. The second-order valence-corrected chi connectivity index (χ2v) is 5.17. The summed E-state index contributed by atoms with van der Waals surface area (Å²) in [4.78, 5) is 16.6. The fourth-order valence-electron chi connectivity index (χ4n) is 1.65. The third-order valence-corrected chi connectivity index (χ3v) is 4.34. The lowest BCUT2D eigenvalue weighted by molar-refractivity contribution is 0.0854. The Morgan fingerprint density at radius 1 is 1.53 bits per heavy atom. The molecule has 2 N–H and O–H groups in total. The van der Waals surface area contributed by atoms with Gasteiger partial charge in [-0.05, 0) is 19.8 Å². The van der Waals surface area contributed by atoms with Crippen LogP contribution in [0.2, 0.25) is 0 Å². The molecule has 96 valence electrons. The monoisotopic (exact) mass is 256 g/mol. The van der Waals surface area contributed by atoms with Crippen LogP contribution in [0.5, 0.6) is 0 Å². The lowest BCUT2D eigenvalue weighted by Crippen LogP contribution is -2.39. The van der Waals surface area contributed by atoms with Gasteiger partial charge in [-0.1, -0.05) is 13.8 Å². The molecule has 1 amide bonds. The van der Waals surface area contributed by atoms with Crippen LogP contribution in [0.1, 0.15) is 42.1 Å². The maximum atomic E-state index is 11.9. The van der Waals surface area contributed by atoms with Crippen LogP contribution >= 0.6 is 11.3 Å². The highest BCUT2D eigenvalue weighted by molar-refractivity contribution is 7.11. The minimum atomic E-state index is -0.200. The van der Waals surface area contributed by atoms with Crippen LogP contribution in [-0.4, -0.2) is 29.1 Å². The van der Waals surface area contributed by atoms with Crippen LogP contribution in [0.3, 0.4) is 0 Å². The number of nitrogens with zero attached hydrogens (tertiary/aromatic N) is 1. The first-order valence-corrected chi connectivity index (χ1v) is 6.75. The lowest BCUT2D eigenvalue weighted by Gasteiger charge is -2.29. The summed E-state index contributed by atoms with van der Waals surface area (Å²) in [6, 6.07) is 0. The summed E-state index contributed by atoms with van der Waals surface area (Å²) in [5.74, 6) is -0.0928. The van der Waals surface area contributed by atoms with Crippen LogP contribution in [0.4, 0.5) is 0 Å². The number of aryl methyl sites for hydroxylation is 1. The summed E-state index contributed by atoms with van der Waals surface area (Å²) in [5.41, 5.74) is 2.23. The SMILES string of the molecule is CCC(CC)(CO)CNC(=O)c1scnc1C. The highest BCUT2D eigenvalue weighted by Gasteiger charge is 2.26. The number of rotatable bonds is 6. The number of carbonyl (C=O) groups is 1. The Morgan fingerprint density at radius 3 is 2.59 bits per heavy atom. The van der Waals surface area contributed by atoms with E-state index in [1.807, 2.05) is 20.8 Å². The van der Waals surface area contributed by atoms with Crippen molar-refractivity contribution in [2.24, 2.45) is 5.41 Å². The molecule has 0 aliphatic heterocycles. The van der Waals surface area contributed by atoms with Crippen molar-refractivity contribution in [2.75, 3.05) is 13.2 Å². The third-order valence-electron chi connectivity index (χ3n) is 3.41. The van der Waals surface area contributed by atoms with E-state index in [1.54, 1.807) is 5.51 Å². The highest BCUT2D eigenvalue weighted by Crippen LogP contribution is 2.24. The molecule has 0 aliphatic rings. The predicted octanol–water partition coefficient (Wildman–Crippen LogP) is 1.98. The van der Waals surface area contributed by atoms with Gasteiger partial charge in [0.15, 0.2) is 0 Å². The van der Waals surface area contributed by atoms with Crippen LogP contribution in [0, 0.1) is 12.3 Å². The summed E-state index contributed by atoms with van der Waals surface area (Å²) in [6.07, 6.45) is 1.70. The van der Waals surface area contributed by atoms with Gasteiger partial charge in [-0.25, -0.2) is 4.98 Å². The molecule has 4 nitrogen and oxygen atoms in total. The smallest absolute Gasteiger partial charge is 0.263 e. The molecule has 0 unspecified atom stereocenters. The Balaban J connectivity index is 2.62. The Labute approximate surface area is 106 Å². The first-order valence-electron chi connectivity index (χ1n) is 5.87. The Morgan fingerprint density at radius 2 is 2.18 bits per heavy atom. The average molecular weight is 256 g/mol. The van der Waals surface area contributed by atoms with Crippen molar-refractivity contribution < 1.29 is 9.90 Å². The van der Waals surface area contributed by atoms with Gasteiger partial charge in [0.05, 0.1) is 17.8 Å². The van der Waals surface area contributed by atoms with Gasteiger partial charge in [0.2, 0.25) is 0 Å². The molecule has 1 aromatic rings. The van der Waals surface area contributed by atoms with E-state index in [0.29, 0.717) is 11.4 Å². The minimum absolute atomic E-state index is 0.0928. The van der Waals surface area contributed by atoms with E-state index < -0.39 is 0 Å². The number of hydrogen-bond acceptors (Lipinski definition) is 4. The fourth-order valence-corrected chi connectivity index (χ4v) is 2.37. The number of carbonyl (C=O) groups excluding carboxylic acids is 1. The number of aliphatic hydroxyl groups is 1. The maximum Gasteiger partial charge on any atom is 0.263 e. The summed E-state index contributed by atoms with van der Waals surface area (Å²) < 4.78 is 0. The van der Waals surface area contributed by atoms with Crippen LogP contribution in [-0.2, 0) is 0 Å². The van der Waals surface area contributed by atoms with Crippen molar-refractivity contribution in [3.63, 3.8) is 0 Å². The van der Waals surface area contributed by atoms with Gasteiger partial charge in [-0.3, -0.25) is 4.79 Å². The largest absolute Gasteiger partial charge is 0.396 e. The fraction of sp³-hybridized carbons (Fsp3) is 0.667. The normalized spacial score (nSPS) is 11.5. The molecular formula is C12H20N2O2S. The van der Waals surface area contributed by atoms with Gasteiger partial charge in [-0.2, -0.15) is 0 Å². The highest BCUT2D eigenvalue weighted by atomic mass is 32.1.